The van der Waals surface area contributed by atoms with E-state index in [1.54, 1.807) is 27.7 Å². The Labute approximate surface area is 191 Å². The number of primary amides is 1. The molecule has 0 aromatic carbocycles. The first-order chi connectivity index (χ1) is 14.7. The van der Waals surface area contributed by atoms with E-state index in [1.807, 2.05) is 0 Å². The first-order valence-corrected chi connectivity index (χ1v) is 14.1. The van der Waals surface area contributed by atoms with Gasteiger partial charge >= 0.3 is 6.09 Å². The van der Waals surface area contributed by atoms with Crippen LogP contribution in [0, 0.1) is 0 Å². The highest BCUT2D eigenvalue weighted by Gasteiger charge is 2.21. The maximum Gasteiger partial charge on any atom is 0.407 e. The number of hydrogen-bond acceptors (Lipinski definition) is 7. The summed E-state index contributed by atoms with van der Waals surface area (Å²) in [6.07, 6.45) is -0.932. The van der Waals surface area contributed by atoms with Crippen LogP contribution in [0.15, 0.2) is 16.9 Å². The fraction of sp³-hybridized carbons (Fsp3) is 0.750. The van der Waals surface area contributed by atoms with Crippen LogP contribution in [0.4, 0.5) is 9.18 Å². The van der Waals surface area contributed by atoms with Gasteiger partial charge in [0.15, 0.2) is 0 Å². The molecule has 0 radical (unpaired) electrons. The lowest BCUT2D eigenvalue weighted by Crippen LogP contribution is -2.53. The lowest BCUT2D eigenvalue weighted by molar-refractivity contribution is -0.116. The van der Waals surface area contributed by atoms with Crippen molar-refractivity contribution in [3.8, 4) is 0 Å². The van der Waals surface area contributed by atoms with Crippen LogP contribution in [0.1, 0.15) is 27.7 Å². The molecular weight excluding hydrogens is 437 g/mol. The molecule has 0 spiro atoms. The van der Waals surface area contributed by atoms with Crippen molar-refractivity contribution in [1.82, 2.24) is 15.8 Å². The van der Waals surface area contributed by atoms with Crippen molar-refractivity contribution in [2.24, 2.45) is 10.7 Å². The summed E-state index contributed by atoms with van der Waals surface area (Å²) in [6.45, 7) is 14.0. The summed E-state index contributed by atoms with van der Waals surface area (Å²) < 4.78 is 29.8. The lowest BCUT2D eigenvalue weighted by atomic mass is 10.2. The molecule has 1 atom stereocenters. The van der Waals surface area contributed by atoms with Gasteiger partial charge in [-0.05, 0) is 33.7 Å². The normalized spacial score (nSPS) is 14.3. The molecule has 0 rings (SSSR count). The lowest BCUT2D eigenvalue weighted by Gasteiger charge is -2.30. The maximum atomic E-state index is 13.3. The Morgan fingerprint density at radius 3 is 2.38 bits per heavy atom. The first kappa shape index (κ1) is 30.0. The molecule has 0 fully saturated rings. The predicted octanol–water partition coefficient (Wildman–Crippen LogP) is 2.36. The highest BCUT2D eigenvalue weighted by atomic mass is 28.3. The van der Waals surface area contributed by atoms with E-state index < -0.39 is 31.9 Å². The Kier molecular flexibility index (Phi) is 13.3. The minimum atomic E-state index is -1.27. The van der Waals surface area contributed by atoms with E-state index in [0.29, 0.717) is 12.9 Å². The van der Waals surface area contributed by atoms with Gasteiger partial charge in [-0.1, -0.05) is 19.6 Å². The van der Waals surface area contributed by atoms with E-state index in [9.17, 15) is 14.0 Å². The second kappa shape index (κ2) is 14.2. The average Bonchev–Trinajstić information content (AvgIpc) is 2.64. The number of aliphatic imine (C=N–C) groups is 1. The van der Waals surface area contributed by atoms with Crippen molar-refractivity contribution < 1.29 is 28.2 Å². The molecule has 10 nitrogen and oxygen atoms in total. The Hall–Kier alpha value is -2.02. The van der Waals surface area contributed by atoms with Gasteiger partial charge in [-0.2, -0.15) is 5.01 Å². The van der Waals surface area contributed by atoms with Gasteiger partial charge in [0.1, 0.15) is 18.6 Å². The number of hydrogen-bond donors (Lipinski definition) is 3. The van der Waals surface area contributed by atoms with Gasteiger partial charge in [-0.25, -0.2) is 9.18 Å². The zero-order chi connectivity index (χ0) is 24.9. The summed E-state index contributed by atoms with van der Waals surface area (Å²) in [4.78, 5) is 27.1. The number of amidine groups is 1. The van der Waals surface area contributed by atoms with E-state index in [-0.39, 0.29) is 31.3 Å². The standard InChI is InChI=1S/C20H40FN5O5Si/c1-15(30-13-16(11-21)12-24-19(28)31-20(2,3)4)26(25-18(23-5)17(22)27)14-29-9-10-32(6,7)8/h11,15H,9-10,12-14H2,1-8H3,(H2,22,27)(H,23,25)(H,24,28)/b16-11+. The van der Waals surface area contributed by atoms with Crippen LogP contribution in [0.5, 0.6) is 0 Å². The topological polar surface area (TPSA) is 128 Å². The van der Waals surface area contributed by atoms with E-state index in [4.69, 9.17) is 19.9 Å². The summed E-state index contributed by atoms with van der Waals surface area (Å²) in [7, 11) is 0.157. The number of hydrazine groups is 1. The predicted molar refractivity (Wildman–Crippen MR) is 125 cm³/mol. The van der Waals surface area contributed by atoms with Crippen molar-refractivity contribution in [2.75, 3.05) is 33.5 Å². The van der Waals surface area contributed by atoms with Gasteiger partial charge in [0.2, 0.25) is 5.84 Å². The number of ether oxygens (including phenoxy) is 3. The molecule has 0 aromatic rings. The quantitative estimate of drug-likeness (QED) is 0.0983. The highest BCUT2D eigenvalue weighted by molar-refractivity contribution is 6.76. The molecule has 12 heteroatoms. The van der Waals surface area contributed by atoms with E-state index >= 15 is 0 Å². The van der Waals surface area contributed by atoms with Gasteiger partial charge < -0.3 is 25.3 Å². The number of alkyl carbamates (subject to hydrolysis) is 1. The second-order valence-electron chi connectivity index (χ2n) is 9.40. The van der Waals surface area contributed by atoms with Crippen LogP contribution in [0.3, 0.4) is 0 Å². The molecule has 0 saturated heterocycles. The van der Waals surface area contributed by atoms with Crippen LogP contribution in [-0.2, 0) is 19.0 Å². The Morgan fingerprint density at radius 1 is 1.28 bits per heavy atom. The Bertz CT molecular complexity index is 662. The SMILES string of the molecule is CN=C(NN(COCC[Si](C)(C)C)C(C)OC/C(=C/F)CNC(=O)OC(C)(C)C)C(N)=O. The maximum absolute atomic E-state index is 13.3. The number of carbonyl (C=O) groups is 2. The van der Waals surface area contributed by atoms with Crippen LogP contribution < -0.4 is 16.5 Å². The zero-order valence-electron chi connectivity index (χ0n) is 20.6. The third-order valence-corrected chi connectivity index (χ3v) is 5.60. The van der Waals surface area contributed by atoms with Gasteiger partial charge in [0.05, 0.1) is 12.9 Å². The minimum Gasteiger partial charge on any atom is -0.444 e. The smallest absolute Gasteiger partial charge is 0.407 e. The van der Waals surface area contributed by atoms with Crippen LogP contribution in [-0.4, -0.2) is 76.3 Å². The van der Waals surface area contributed by atoms with Gasteiger partial charge in [-0.15, -0.1) is 0 Å². The Balaban J connectivity index is 4.89. The van der Waals surface area contributed by atoms with Crippen molar-refractivity contribution >= 4 is 25.9 Å². The third-order valence-electron chi connectivity index (χ3n) is 3.90. The number of nitrogens with one attached hydrogen (secondary N) is 2. The molecular formula is C20H40FN5O5Si. The van der Waals surface area contributed by atoms with Crippen molar-refractivity contribution in [3.05, 3.63) is 11.9 Å². The molecule has 4 N–H and O–H groups in total. The van der Waals surface area contributed by atoms with Crippen molar-refractivity contribution in [2.45, 2.75) is 65.2 Å². The number of nitrogens with zero attached hydrogens (tertiary/aromatic N) is 2. The number of nitrogens with two attached hydrogens (primary N) is 1. The van der Waals surface area contributed by atoms with Crippen molar-refractivity contribution in [3.63, 3.8) is 0 Å². The van der Waals surface area contributed by atoms with Gasteiger partial charge in [0.25, 0.3) is 5.91 Å². The minimum absolute atomic E-state index is 0.0675. The molecule has 32 heavy (non-hydrogen) atoms. The third kappa shape index (κ3) is 14.9. The number of halogens is 1. The second-order valence-corrected chi connectivity index (χ2v) is 15.0. The molecule has 0 aliphatic heterocycles. The van der Waals surface area contributed by atoms with Gasteiger partial charge in [-0.3, -0.25) is 15.2 Å². The number of rotatable bonds is 12. The molecule has 2 amide bonds. The van der Waals surface area contributed by atoms with E-state index in [2.05, 4.69) is 35.4 Å². The fourth-order valence-corrected chi connectivity index (χ4v) is 2.82. The summed E-state index contributed by atoms with van der Waals surface area (Å²) >= 11 is 0. The van der Waals surface area contributed by atoms with E-state index in [0.717, 1.165) is 6.04 Å². The van der Waals surface area contributed by atoms with Crippen molar-refractivity contribution in [1.29, 1.82) is 0 Å². The number of amides is 2. The molecule has 0 bridgehead atoms. The average molecular weight is 478 g/mol. The zero-order valence-corrected chi connectivity index (χ0v) is 21.6. The fourth-order valence-electron chi connectivity index (χ4n) is 2.06. The van der Waals surface area contributed by atoms with Crippen LogP contribution >= 0.6 is 0 Å². The molecule has 0 aliphatic rings. The number of carbonyl (C=O) groups excluding carboxylic acids is 2. The van der Waals surface area contributed by atoms with Crippen LogP contribution in [0.2, 0.25) is 25.7 Å². The summed E-state index contributed by atoms with van der Waals surface area (Å²) in [6, 6.07) is 0.964. The van der Waals surface area contributed by atoms with Gasteiger partial charge in [0, 0.05) is 33.8 Å². The summed E-state index contributed by atoms with van der Waals surface area (Å²) in [5, 5.41) is 3.97. The molecule has 0 heterocycles. The Morgan fingerprint density at radius 2 is 1.91 bits per heavy atom. The highest BCUT2D eigenvalue weighted by Crippen LogP contribution is 2.09. The largest absolute Gasteiger partial charge is 0.444 e. The summed E-state index contributed by atoms with van der Waals surface area (Å²) in [5.41, 5.74) is 7.64. The monoisotopic (exact) mass is 477 g/mol. The summed E-state index contributed by atoms with van der Waals surface area (Å²) in [5.74, 6) is -0.806. The molecule has 1 unspecified atom stereocenters. The molecule has 0 aliphatic carbocycles. The molecule has 0 aromatic heterocycles. The van der Waals surface area contributed by atoms with E-state index in [1.165, 1.54) is 12.1 Å². The first-order valence-electron chi connectivity index (χ1n) is 10.4. The molecule has 186 valence electrons. The van der Waals surface area contributed by atoms with Crippen LogP contribution in [0.25, 0.3) is 0 Å². The molecule has 0 saturated carbocycles.